The van der Waals surface area contributed by atoms with Crippen molar-refractivity contribution in [1.82, 2.24) is 20.2 Å². The van der Waals surface area contributed by atoms with Crippen LogP contribution in [0.25, 0.3) is 0 Å². The average molecular weight is 259 g/mol. The van der Waals surface area contributed by atoms with Gasteiger partial charge in [0.25, 0.3) is 0 Å². The zero-order valence-electron chi connectivity index (χ0n) is 11.2. The van der Waals surface area contributed by atoms with Crippen LogP contribution in [-0.4, -0.2) is 34.3 Å². The SMILES string of the molecule is COc1cc(N(C)Cc2n[nH]c3c2CCC3)ncn1. The molecule has 0 aliphatic heterocycles. The first-order chi connectivity index (χ1) is 9.28. The number of hydrogen-bond acceptors (Lipinski definition) is 5. The Labute approximate surface area is 111 Å². The summed E-state index contributed by atoms with van der Waals surface area (Å²) in [5.41, 5.74) is 3.80. The molecule has 3 rings (SSSR count). The first kappa shape index (κ1) is 12.0. The lowest BCUT2D eigenvalue weighted by atomic mass is 10.2. The normalized spacial score (nSPS) is 13.4. The van der Waals surface area contributed by atoms with E-state index in [1.165, 1.54) is 24.0 Å². The van der Waals surface area contributed by atoms with Crippen molar-refractivity contribution in [1.29, 1.82) is 0 Å². The van der Waals surface area contributed by atoms with Crippen molar-refractivity contribution in [2.45, 2.75) is 25.8 Å². The van der Waals surface area contributed by atoms with E-state index in [2.05, 4.69) is 25.1 Å². The monoisotopic (exact) mass is 259 g/mol. The first-order valence-corrected chi connectivity index (χ1v) is 6.40. The summed E-state index contributed by atoms with van der Waals surface area (Å²) in [6.45, 7) is 0.742. The van der Waals surface area contributed by atoms with Gasteiger partial charge in [-0.1, -0.05) is 0 Å². The van der Waals surface area contributed by atoms with Crippen LogP contribution in [0.5, 0.6) is 5.88 Å². The minimum atomic E-state index is 0.573. The summed E-state index contributed by atoms with van der Waals surface area (Å²) in [6, 6.07) is 1.83. The van der Waals surface area contributed by atoms with Crippen molar-refractivity contribution in [2.24, 2.45) is 0 Å². The molecule has 1 aliphatic rings. The van der Waals surface area contributed by atoms with Crippen LogP contribution in [0.4, 0.5) is 5.82 Å². The largest absolute Gasteiger partial charge is 0.481 e. The molecular weight excluding hydrogens is 242 g/mol. The predicted octanol–water partition coefficient (Wildman–Crippen LogP) is 1.33. The molecule has 6 nitrogen and oxygen atoms in total. The summed E-state index contributed by atoms with van der Waals surface area (Å²) < 4.78 is 5.11. The van der Waals surface area contributed by atoms with Gasteiger partial charge in [0.15, 0.2) is 0 Å². The number of aromatic nitrogens is 4. The van der Waals surface area contributed by atoms with Gasteiger partial charge in [0, 0.05) is 18.8 Å². The Morgan fingerprint density at radius 2 is 2.26 bits per heavy atom. The minimum absolute atomic E-state index is 0.573. The molecule has 0 saturated carbocycles. The molecule has 0 saturated heterocycles. The van der Waals surface area contributed by atoms with E-state index in [-0.39, 0.29) is 0 Å². The van der Waals surface area contributed by atoms with Crippen molar-refractivity contribution in [2.75, 3.05) is 19.1 Å². The van der Waals surface area contributed by atoms with Gasteiger partial charge >= 0.3 is 0 Å². The van der Waals surface area contributed by atoms with Gasteiger partial charge in [-0.3, -0.25) is 5.10 Å². The molecule has 2 heterocycles. The highest BCUT2D eigenvalue weighted by Crippen LogP contribution is 2.24. The first-order valence-electron chi connectivity index (χ1n) is 6.40. The van der Waals surface area contributed by atoms with Crippen LogP contribution in [0.15, 0.2) is 12.4 Å². The number of fused-ring (bicyclic) bond motifs is 1. The number of aromatic amines is 1. The average Bonchev–Trinajstić information content (AvgIpc) is 3.04. The van der Waals surface area contributed by atoms with Crippen LogP contribution in [0.3, 0.4) is 0 Å². The summed E-state index contributed by atoms with van der Waals surface area (Å²) in [5.74, 6) is 1.41. The summed E-state index contributed by atoms with van der Waals surface area (Å²) >= 11 is 0. The molecular formula is C13H17N5O. The Morgan fingerprint density at radius 1 is 1.37 bits per heavy atom. The minimum Gasteiger partial charge on any atom is -0.481 e. The van der Waals surface area contributed by atoms with Gasteiger partial charge in [-0.05, 0) is 24.8 Å². The fourth-order valence-electron chi connectivity index (χ4n) is 2.47. The van der Waals surface area contributed by atoms with E-state index in [0.717, 1.165) is 30.9 Å². The molecule has 2 aromatic heterocycles. The maximum atomic E-state index is 5.11. The van der Waals surface area contributed by atoms with E-state index in [1.54, 1.807) is 7.11 Å². The summed E-state index contributed by atoms with van der Waals surface area (Å²) in [6.07, 6.45) is 4.98. The quantitative estimate of drug-likeness (QED) is 0.897. The molecule has 100 valence electrons. The van der Waals surface area contributed by atoms with Gasteiger partial charge in [0.2, 0.25) is 5.88 Å². The lowest BCUT2D eigenvalue weighted by Gasteiger charge is -2.17. The molecule has 0 atom stereocenters. The number of anilines is 1. The van der Waals surface area contributed by atoms with E-state index in [1.807, 2.05) is 13.1 Å². The zero-order valence-corrected chi connectivity index (χ0v) is 11.2. The van der Waals surface area contributed by atoms with Crippen LogP contribution in [0.2, 0.25) is 0 Å². The molecule has 0 unspecified atom stereocenters. The van der Waals surface area contributed by atoms with Crippen LogP contribution in [-0.2, 0) is 19.4 Å². The molecule has 0 amide bonds. The van der Waals surface area contributed by atoms with Gasteiger partial charge in [0.1, 0.15) is 12.1 Å². The molecule has 1 N–H and O–H groups in total. The molecule has 2 aromatic rings. The van der Waals surface area contributed by atoms with Crippen LogP contribution >= 0.6 is 0 Å². The second-order valence-corrected chi connectivity index (χ2v) is 4.76. The lowest BCUT2D eigenvalue weighted by Crippen LogP contribution is -2.19. The second-order valence-electron chi connectivity index (χ2n) is 4.76. The highest BCUT2D eigenvalue weighted by atomic mass is 16.5. The highest BCUT2D eigenvalue weighted by molar-refractivity contribution is 5.41. The third-order valence-corrected chi connectivity index (χ3v) is 3.51. The van der Waals surface area contributed by atoms with Gasteiger partial charge in [-0.25, -0.2) is 9.97 Å². The topological polar surface area (TPSA) is 66.9 Å². The number of methoxy groups -OCH3 is 1. The molecule has 1 aliphatic carbocycles. The van der Waals surface area contributed by atoms with Gasteiger partial charge in [-0.15, -0.1) is 0 Å². The molecule has 0 fully saturated rings. The fourth-order valence-corrected chi connectivity index (χ4v) is 2.47. The maximum Gasteiger partial charge on any atom is 0.218 e. The van der Waals surface area contributed by atoms with Gasteiger partial charge in [-0.2, -0.15) is 5.10 Å². The number of hydrogen-bond donors (Lipinski definition) is 1. The van der Waals surface area contributed by atoms with E-state index in [0.29, 0.717) is 5.88 Å². The van der Waals surface area contributed by atoms with Crippen molar-refractivity contribution in [3.05, 3.63) is 29.3 Å². The maximum absolute atomic E-state index is 5.11. The molecule has 0 radical (unpaired) electrons. The van der Waals surface area contributed by atoms with Crippen molar-refractivity contribution < 1.29 is 4.74 Å². The number of ether oxygens (including phenoxy) is 1. The predicted molar refractivity (Wildman–Crippen MR) is 71.3 cm³/mol. The third-order valence-electron chi connectivity index (χ3n) is 3.51. The third kappa shape index (κ3) is 2.25. The molecule has 6 heteroatoms. The molecule has 0 spiro atoms. The van der Waals surface area contributed by atoms with Crippen LogP contribution in [0.1, 0.15) is 23.4 Å². The van der Waals surface area contributed by atoms with Crippen LogP contribution < -0.4 is 9.64 Å². The smallest absolute Gasteiger partial charge is 0.218 e. The Bertz CT molecular complexity index is 580. The van der Waals surface area contributed by atoms with Crippen molar-refractivity contribution >= 4 is 5.82 Å². The summed E-state index contributed by atoms with van der Waals surface area (Å²) in [4.78, 5) is 10.3. The van der Waals surface area contributed by atoms with Crippen molar-refractivity contribution in [3.8, 4) is 5.88 Å². The van der Waals surface area contributed by atoms with E-state index < -0.39 is 0 Å². The van der Waals surface area contributed by atoms with E-state index in [9.17, 15) is 0 Å². The Hall–Kier alpha value is -2.11. The van der Waals surface area contributed by atoms with E-state index in [4.69, 9.17) is 4.74 Å². The Kier molecular flexibility index (Phi) is 3.06. The second kappa shape index (κ2) is 4.87. The molecule has 19 heavy (non-hydrogen) atoms. The Morgan fingerprint density at radius 3 is 3.11 bits per heavy atom. The number of rotatable bonds is 4. The van der Waals surface area contributed by atoms with Gasteiger partial charge < -0.3 is 9.64 Å². The van der Waals surface area contributed by atoms with Gasteiger partial charge in [0.05, 0.1) is 19.3 Å². The number of nitrogens with one attached hydrogen (secondary N) is 1. The fraction of sp³-hybridized carbons (Fsp3) is 0.462. The number of aryl methyl sites for hydroxylation is 1. The molecule has 0 bridgehead atoms. The molecule has 0 aromatic carbocycles. The summed E-state index contributed by atoms with van der Waals surface area (Å²) in [5, 5.41) is 7.54. The van der Waals surface area contributed by atoms with Crippen molar-refractivity contribution in [3.63, 3.8) is 0 Å². The van der Waals surface area contributed by atoms with Crippen LogP contribution in [0, 0.1) is 0 Å². The Balaban J connectivity index is 1.78. The standard InChI is InChI=1S/C13H17N5O/c1-18(12-6-13(19-2)15-8-14-12)7-11-9-4-3-5-10(9)16-17-11/h6,8H,3-5,7H2,1-2H3,(H,16,17). The van der Waals surface area contributed by atoms with E-state index >= 15 is 0 Å². The number of nitrogens with zero attached hydrogens (tertiary/aromatic N) is 4. The zero-order chi connectivity index (χ0) is 13.2. The highest BCUT2D eigenvalue weighted by Gasteiger charge is 2.19. The number of H-pyrrole nitrogens is 1. The summed E-state index contributed by atoms with van der Waals surface area (Å²) in [7, 11) is 3.60. The lowest BCUT2D eigenvalue weighted by molar-refractivity contribution is 0.397.